The average molecular weight is 355 g/mol. The summed E-state index contributed by atoms with van der Waals surface area (Å²) in [5.41, 5.74) is 2.01. The van der Waals surface area contributed by atoms with Gasteiger partial charge in [0.2, 0.25) is 0 Å². The third kappa shape index (κ3) is 3.74. The Bertz CT molecular complexity index is 686. The van der Waals surface area contributed by atoms with E-state index in [4.69, 9.17) is 0 Å². The van der Waals surface area contributed by atoms with Crippen LogP contribution in [0.15, 0.2) is 30.3 Å². The fraction of sp³-hybridized carbons (Fsp3) is 0.353. The Hall–Kier alpha value is -1.43. The molecule has 1 saturated heterocycles. The van der Waals surface area contributed by atoms with Crippen molar-refractivity contribution in [2.45, 2.75) is 19.9 Å². The van der Waals surface area contributed by atoms with E-state index in [1.165, 1.54) is 23.5 Å². The molecule has 0 spiro atoms. The third-order valence-electron chi connectivity index (χ3n) is 4.00. The van der Waals surface area contributed by atoms with Crippen molar-refractivity contribution in [3.63, 3.8) is 0 Å². The van der Waals surface area contributed by atoms with Crippen LogP contribution < -0.4 is 5.32 Å². The van der Waals surface area contributed by atoms with Crippen molar-refractivity contribution >= 4 is 29.7 Å². The average Bonchev–Trinajstić information content (AvgIpc) is 2.90. The first-order valence-electron chi connectivity index (χ1n) is 7.44. The summed E-state index contributed by atoms with van der Waals surface area (Å²) in [5, 5.41) is 3.29. The number of benzene rings is 1. The molecule has 124 valence electrons. The van der Waals surface area contributed by atoms with Gasteiger partial charge in [-0.1, -0.05) is 12.1 Å². The van der Waals surface area contributed by atoms with E-state index in [9.17, 15) is 9.18 Å². The monoisotopic (exact) mass is 354 g/mol. The molecular weight excluding hydrogens is 335 g/mol. The molecule has 23 heavy (non-hydrogen) atoms. The molecule has 0 aliphatic carbocycles. The van der Waals surface area contributed by atoms with Crippen LogP contribution in [0.4, 0.5) is 4.39 Å². The van der Waals surface area contributed by atoms with Crippen molar-refractivity contribution in [1.29, 1.82) is 0 Å². The van der Waals surface area contributed by atoms with Crippen molar-refractivity contribution in [2.75, 3.05) is 19.6 Å². The molecule has 2 aromatic rings. The number of nitrogens with one attached hydrogen (secondary N) is 1. The van der Waals surface area contributed by atoms with E-state index in [2.05, 4.69) is 12.2 Å². The van der Waals surface area contributed by atoms with Crippen LogP contribution in [0.2, 0.25) is 0 Å². The molecule has 0 unspecified atom stereocenters. The van der Waals surface area contributed by atoms with Crippen molar-refractivity contribution < 1.29 is 9.18 Å². The van der Waals surface area contributed by atoms with Crippen LogP contribution in [0, 0.1) is 12.7 Å². The summed E-state index contributed by atoms with van der Waals surface area (Å²) in [6.07, 6.45) is 0. The second-order valence-electron chi connectivity index (χ2n) is 5.68. The number of nitrogens with zero attached hydrogens (tertiary/aromatic N) is 1. The van der Waals surface area contributed by atoms with E-state index in [0.29, 0.717) is 0 Å². The first-order chi connectivity index (χ1) is 10.6. The summed E-state index contributed by atoms with van der Waals surface area (Å²) in [7, 11) is 0. The van der Waals surface area contributed by atoms with Gasteiger partial charge in [0, 0.05) is 30.6 Å². The quantitative estimate of drug-likeness (QED) is 0.891. The molecule has 1 aromatic heterocycles. The second kappa shape index (κ2) is 7.43. The number of carbonyl (C=O) groups is 1. The Morgan fingerprint density at radius 2 is 2.04 bits per heavy atom. The Labute approximate surface area is 145 Å². The molecule has 1 N–H and O–H groups in total. The van der Waals surface area contributed by atoms with Crippen molar-refractivity contribution in [3.8, 4) is 10.4 Å². The summed E-state index contributed by atoms with van der Waals surface area (Å²) in [4.78, 5) is 16.4. The van der Waals surface area contributed by atoms with Crippen molar-refractivity contribution in [2.24, 2.45) is 0 Å². The Morgan fingerprint density at radius 1 is 1.35 bits per heavy atom. The predicted octanol–water partition coefficient (Wildman–Crippen LogP) is 3.72. The van der Waals surface area contributed by atoms with Gasteiger partial charge in [0.15, 0.2) is 0 Å². The summed E-state index contributed by atoms with van der Waals surface area (Å²) in [6.45, 7) is 6.47. The van der Waals surface area contributed by atoms with E-state index in [1.807, 2.05) is 17.9 Å². The zero-order chi connectivity index (χ0) is 15.7. The minimum Gasteiger partial charge on any atom is -0.333 e. The highest BCUT2D eigenvalue weighted by Gasteiger charge is 2.25. The zero-order valence-electron chi connectivity index (χ0n) is 13.1. The number of hydrogen-bond donors (Lipinski definition) is 1. The standard InChI is InChI=1S/C17H19FN2OS.ClH/c1-11-9-15(17(21)20-8-7-19-10-12(20)2)22-16(11)13-3-5-14(18)6-4-13;/h3-6,9,12,19H,7-8,10H2,1-2H3;1H/t12-;/m0./s1. The summed E-state index contributed by atoms with van der Waals surface area (Å²) < 4.78 is 13.1. The van der Waals surface area contributed by atoms with E-state index >= 15 is 0 Å². The molecule has 0 radical (unpaired) electrons. The highest BCUT2D eigenvalue weighted by atomic mass is 35.5. The predicted molar refractivity (Wildman–Crippen MR) is 95.1 cm³/mol. The normalized spacial score (nSPS) is 17.7. The SMILES string of the molecule is Cc1cc(C(=O)N2CCNC[C@@H]2C)sc1-c1ccc(F)cc1.Cl. The van der Waals surface area contributed by atoms with Gasteiger partial charge in [0.05, 0.1) is 4.88 Å². The van der Waals surface area contributed by atoms with Gasteiger partial charge in [0.1, 0.15) is 5.82 Å². The van der Waals surface area contributed by atoms with Gasteiger partial charge < -0.3 is 10.2 Å². The van der Waals surface area contributed by atoms with Gasteiger partial charge in [-0.25, -0.2) is 4.39 Å². The lowest BCUT2D eigenvalue weighted by atomic mass is 10.1. The molecule has 3 rings (SSSR count). The fourth-order valence-corrected chi connectivity index (χ4v) is 3.89. The molecule has 1 amide bonds. The molecule has 1 aromatic carbocycles. The highest BCUT2D eigenvalue weighted by molar-refractivity contribution is 7.17. The lowest BCUT2D eigenvalue weighted by Gasteiger charge is -2.33. The summed E-state index contributed by atoms with van der Waals surface area (Å²) in [5.74, 6) is -0.153. The van der Waals surface area contributed by atoms with E-state index in [-0.39, 0.29) is 30.2 Å². The number of thiophene rings is 1. The minimum atomic E-state index is -0.246. The van der Waals surface area contributed by atoms with Crippen molar-refractivity contribution in [1.82, 2.24) is 10.2 Å². The molecule has 1 aliphatic rings. The van der Waals surface area contributed by atoms with Crippen LogP contribution in [-0.4, -0.2) is 36.5 Å². The number of piperazine rings is 1. The maximum absolute atomic E-state index is 13.1. The molecular formula is C17H20ClFN2OS. The number of halogens is 2. The maximum Gasteiger partial charge on any atom is 0.264 e. The van der Waals surface area contributed by atoms with Gasteiger partial charge in [-0.15, -0.1) is 23.7 Å². The lowest BCUT2D eigenvalue weighted by molar-refractivity contribution is 0.0661. The largest absolute Gasteiger partial charge is 0.333 e. The van der Waals surface area contributed by atoms with E-state index in [1.54, 1.807) is 12.1 Å². The first-order valence-corrected chi connectivity index (χ1v) is 8.26. The van der Waals surface area contributed by atoms with Crippen LogP contribution in [0.1, 0.15) is 22.2 Å². The molecule has 1 atom stereocenters. The van der Waals surface area contributed by atoms with E-state index in [0.717, 1.165) is 40.5 Å². The van der Waals surface area contributed by atoms with Crippen LogP contribution >= 0.6 is 23.7 Å². The Kier molecular flexibility index (Phi) is 5.79. The number of hydrogen-bond acceptors (Lipinski definition) is 3. The first kappa shape index (κ1) is 17.9. The van der Waals surface area contributed by atoms with Gasteiger partial charge in [0.25, 0.3) is 5.91 Å². The Balaban J connectivity index is 0.00000192. The number of rotatable bonds is 2. The van der Waals surface area contributed by atoms with Gasteiger partial charge >= 0.3 is 0 Å². The number of amides is 1. The maximum atomic E-state index is 13.1. The molecule has 3 nitrogen and oxygen atoms in total. The van der Waals surface area contributed by atoms with Gasteiger partial charge in [-0.2, -0.15) is 0 Å². The summed E-state index contributed by atoms with van der Waals surface area (Å²) in [6, 6.07) is 8.58. The topological polar surface area (TPSA) is 32.3 Å². The molecule has 0 bridgehead atoms. The van der Waals surface area contributed by atoms with Crippen LogP contribution in [0.25, 0.3) is 10.4 Å². The minimum absolute atomic E-state index is 0. The molecule has 2 heterocycles. The highest BCUT2D eigenvalue weighted by Crippen LogP contribution is 2.33. The molecule has 0 saturated carbocycles. The molecule has 1 aliphatic heterocycles. The van der Waals surface area contributed by atoms with E-state index < -0.39 is 0 Å². The third-order valence-corrected chi connectivity index (χ3v) is 5.27. The second-order valence-corrected chi connectivity index (χ2v) is 6.73. The summed E-state index contributed by atoms with van der Waals surface area (Å²) >= 11 is 1.49. The number of carbonyl (C=O) groups excluding carboxylic acids is 1. The number of aryl methyl sites for hydroxylation is 1. The van der Waals surface area contributed by atoms with Gasteiger partial charge in [-0.05, 0) is 43.2 Å². The van der Waals surface area contributed by atoms with Crippen molar-refractivity contribution in [3.05, 3.63) is 46.6 Å². The zero-order valence-corrected chi connectivity index (χ0v) is 14.8. The van der Waals surface area contributed by atoms with Crippen LogP contribution in [0.5, 0.6) is 0 Å². The fourth-order valence-electron chi connectivity index (χ4n) is 2.76. The molecule has 1 fully saturated rings. The van der Waals surface area contributed by atoms with Crippen LogP contribution in [0.3, 0.4) is 0 Å². The van der Waals surface area contributed by atoms with Gasteiger partial charge in [-0.3, -0.25) is 4.79 Å². The Morgan fingerprint density at radius 3 is 2.70 bits per heavy atom. The molecule has 6 heteroatoms. The smallest absolute Gasteiger partial charge is 0.264 e. The lowest BCUT2D eigenvalue weighted by Crippen LogP contribution is -2.52. The van der Waals surface area contributed by atoms with Crippen LogP contribution in [-0.2, 0) is 0 Å².